The lowest BCUT2D eigenvalue weighted by Crippen LogP contribution is -2.31. The molecule has 2 aliphatic heterocycles. The topological polar surface area (TPSA) is 87.7 Å². The van der Waals surface area contributed by atoms with Crippen LogP contribution in [0.25, 0.3) is 0 Å². The number of alkyl halides is 3. The number of fused-ring (bicyclic) bond motifs is 1. The summed E-state index contributed by atoms with van der Waals surface area (Å²) in [6, 6.07) is 12.6. The van der Waals surface area contributed by atoms with Gasteiger partial charge in [0.25, 0.3) is 5.91 Å². The van der Waals surface area contributed by atoms with Crippen LogP contribution in [0.4, 0.5) is 24.8 Å². The molecule has 0 unspecified atom stereocenters. The molecule has 0 radical (unpaired) electrons. The van der Waals surface area contributed by atoms with E-state index in [9.17, 15) is 22.8 Å². The standard InChI is InChI=1S/C28H28F3N5O3/c29-28(30,31)21-10-8-19(9-11-21)18-39-26-22(25(38)32-13-4-15-35-14-3-7-24(35)37)17-33-27(34-26)36-16-12-20-5-1-2-6-23(20)36/h1-2,5-6,8-11,17H,3-4,7,12-16,18H2,(H,32,38). The number of amides is 2. The van der Waals surface area contributed by atoms with Gasteiger partial charge in [0.15, 0.2) is 0 Å². The van der Waals surface area contributed by atoms with E-state index in [-0.39, 0.29) is 24.0 Å². The van der Waals surface area contributed by atoms with Gasteiger partial charge in [-0.3, -0.25) is 9.59 Å². The van der Waals surface area contributed by atoms with Gasteiger partial charge in [-0.15, -0.1) is 0 Å². The van der Waals surface area contributed by atoms with Gasteiger partial charge >= 0.3 is 6.18 Å². The minimum Gasteiger partial charge on any atom is -0.472 e. The number of aromatic nitrogens is 2. The van der Waals surface area contributed by atoms with Crippen molar-refractivity contribution in [3.8, 4) is 5.88 Å². The van der Waals surface area contributed by atoms with Gasteiger partial charge < -0.3 is 19.9 Å². The highest BCUT2D eigenvalue weighted by atomic mass is 19.4. The molecular formula is C28H28F3N5O3. The number of carbonyl (C=O) groups excluding carboxylic acids is 2. The summed E-state index contributed by atoms with van der Waals surface area (Å²) in [5, 5.41) is 2.83. The largest absolute Gasteiger partial charge is 0.472 e. The number of anilines is 2. The van der Waals surface area contributed by atoms with Crippen LogP contribution < -0.4 is 15.0 Å². The Morgan fingerprint density at radius 3 is 2.59 bits per heavy atom. The zero-order chi connectivity index (χ0) is 27.4. The first-order valence-corrected chi connectivity index (χ1v) is 12.9. The molecule has 11 heteroatoms. The van der Waals surface area contributed by atoms with Crippen molar-refractivity contribution in [1.82, 2.24) is 20.2 Å². The van der Waals surface area contributed by atoms with Crippen LogP contribution in [0.5, 0.6) is 5.88 Å². The maximum atomic E-state index is 13.0. The quantitative estimate of drug-likeness (QED) is 0.403. The fraction of sp³-hybridized carbons (Fsp3) is 0.357. The summed E-state index contributed by atoms with van der Waals surface area (Å²) in [6.45, 7) is 2.24. The van der Waals surface area contributed by atoms with Crippen LogP contribution >= 0.6 is 0 Å². The summed E-state index contributed by atoms with van der Waals surface area (Å²) in [7, 11) is 0. The maximum absolute atomic E-state index is 13.0. The van der Waals surface area contributed by atoms with Gasteiger partial charge in [0.1, 0.15) is 12.2 Å². The number of ether oxygens (including phenoxy) is 1. The first-order chi connectivity index (χ1) is 18.8. The Labute approximate surface area is 223 Å². The van der Waals surface area contributed by atoms with Crippen molar-refractivity contribution in [1.29, 1.82) is 0 Å². The van der Waals surface area contributed by atoms with E-state index < -0.39 is 17.6 Å². The first kappa shape index (κ1) is 26.5. The van der Waals surface area contributed by atoms with Crippen molar-refractivity contribution in [2.24, 2.45) is 0 Å². The highest BCUT2D eigenvalue weighted by molar-refractivity contribution is 5.96. The molecule has 5 rings (SSSR count). The number of nitrogens with one attached hydrogen (secondary N) is 1. The summed E-state index contributed by atoms with van der Waals surface area (Å²) in [4.78, 5) is 37.5. The molecular weight excluding hydrogens is 511 g/mol. The van der Waals surface area contributed by atoms with Crippen molar-refractivity contribution in [2.45, 2.75) is 38.5 Å². The average Bonchev–Trinajstić information content (AvgIpc) is 3.55. The number of carbonyl (C=O) groups is 2. The molecule has 0 bridgehead atoms. The van der Waals surface area contributed by atoms with Gasteiger partial charge in [-0.1, -0.05) is 30.3 Å². The Morgan fingerprint density at radius 1 is 1.05 bits per heavy atom. The van der Waals surface area contributed by atoms with Gasteiger partial charge in [-0.25, -0.2) is 4.98 Å². The minimum absolute atomic E-state index is 0.0384. The molecule has 39 heavy (non-hydrogen) atoms. The Hall–Kier alpha value is -4.15. The molecule has 1 fully saturated rings. The number of hydrogen-bond acceptors (Lipinski definition) is 6. The van der Waals surface area contributed by atoms with Gasteiger partial charge in [-0.2, -0.15) is 18.2 Å². The molecule has 3 aromatic rings. The molecule has 0 spiro atoms. The molecule has 1 aromatic heterocycles. The highest BCUT2D eigenvalue weighted by Gasteiger charge is 2.30. The number of hydrogen-bond donors (Lipinski definition) is 1. The van der Waals surface area contributed by atoms with Gasteiger partial charge in [0.2, 0.25) is 17.7 Å². The van der Waals surface area contributed by atoms with Crippen molar-refractivity contribution < 1.29 is 27.5 Å². The third kappa shape index (κ3) is 6.13. The number of halogens is 3. The van der Waals surface area contributed by atoms with Gasteiger partial charge in [0, 0.05) is 44.5 Å². The lowest BCUT2D eigenvalue weighted by molar-refractivity contribution is -0.137. The van der Waals surface area contributed by atoms with Crippen LogP contribution in [0.2, 0.25) is 0 Å². The summed E-state index contributed by atoms with van der Waals surface area (Å²) >= 11 is 0. The molecule has 0 atom stereocenters. The Bertz CT molecular complexity index is 1350. The molecule has 0 aliphatic carbocycles. The van der Waals surface area contributed by atoms with Crippen LogP contribution in [-0.2, 0) is 24.0 Å². The average molecular weight is 540 g/mol. The van der Waals surface area contributed by atoms with Crippen LogP contribution in [0.15, 0.2) is 54.7 Å². The van der Waals surface area contributed by atoms with E-state index in [1.165, 1.54) is 18.3 Å². The van der Waals surface area contributed by atoms with Crippen LogP contribution in [0.1, 0.15) is 46.3 Å². The highest BCUT2D eigenvalue weighted by Crippen LogP contribution is 2.34. The molecule has 2 aromatic carbocycles. The lowest BCUT2D eigenvalue weighted by atomic mass is 10.1. The van der Waals surface area contributed by atoms with E-state index in [1.807, 2.05) is 29.2 Å². The van der Waals surface area contributed by atoms with Gasteiger partial charge in [-0.05, 0) is 48.6 Å². The van der Waals surface area contributed by atoms with E-state index in [1.54, 1.807) is 4.90 Å². The second kappa shape index (κ2) is 11.3. The summed E-state index contributed by atoms with van der Waals surface area (Å²) in [6.07, 6.45) is -0.177. The predicted octanol–water partition coefficient (Wildman–Crippen LogP) is 4.51. The predicted molar refractivity (Wildman–Crippen MR) is 138 cm³/mol. The zero-order valence-corrected chi connectivity index (χ0v) is 21.2. The number of likely N-dealkylation sites (tertiary alicyclic amines) is 1. The fourth-order valence-electron chi connectivity index (χ4n) is 4.75. The summed E-state index contributed by atoms with van der Waals surface area (Å²) in [5.74, 6) is 0.106. The van der Waals surface area contributed by atoms with Crippen LogP contribution in [0.3, 0.4) is 0 Å². The Kier molecular flexibility index (Phi) is 7.67. The molecule has 0 saturated carbocycles. The number of rotatable bonds is 9. The van der Waals surface area contributed by atoms with E-state index in [2.05, 4.69) is 15.3 Å². The molecule has 3 heterocycles. The number of nitrogens with zero attached hydrogens (tertiary/aromatic N) is 4. The van der Waals surface area contributed by atoms with Crippen LogP contribution in [0, 0.1) is 0 Å². The summed E-state index contributed by atoms with van der Waals surface area (Å²) < 4.78 is 44.7. The second-order valence-electron chi connectivity index (χ2n) is 9.50. The number of para-hydroxylation sites is 1. The van der Waals surface area contributed by atoms with Gasteiger partial charge in [0.05, 0.1) is 5.56 Å². The minimum atomic E-state index is -4.43. The third-order valence-electron chi connectivity index (χ3n) is 6.83. The number of benzene rings is 2. The summed E-state index contributed by atoms with van der Waals surface area (Å²) in [5.41, 5.74) is 2.00. The molecule has 2 aliphatic rings. The first-order valence-electron chi connectivity index (χ1n) is 12.9. The third-order valence-corrected chi connectivity index (χ3v) is 6.83. The van der Waals surface area contributed by atoms with Crippen molar-refractivity contribution in [2.75, 3.05) is 31.1 Å². The van der Waals surface area contributed by atoms with Crippen molar-refractivity contribution >= 4 is 23.5 Å². The van der Waals surface area contributed by atoms with Crippen molar-refractivity contribution in [3.05, 3.63) is 77.0 Å². The molecule has 2 amide bonds. The Morgan fingerprint density at radius 2 is 1.85 bits per heavy atom. The SMILES string of the molecule is O=C(NCCCN1CCCC1=O)c1cnc(N2CCc3ccccc32)nc1OCc1ccc(C(F)(F)F)cc1. The lowest BCUT2D eigenvalue weighted by Gasteiger charge is -2.19. The van der Waals surface area contributed by atoms with Crippen molar-refractivity contribution in [3.63, 3.8) is 0 Å². The van der Waals surface area contributed by atoms with E-state index >= 15 is 0 Å². The normalized spacial score (nSPS) is 15.0. The van der Waals surface area contributed by atoms with E-state index in [0.717, 1.165) is 42.8 Å². The Balaban J connectivity index is 1.31. The fourth-order valence-corrected chi connectivity index (χ4v) is 4.75. The van der Waals surface area contributed by atoms with Crippen LogP contribution in [-0.4, -0.2) is 52.9 Å². The second-order valence-corrected chi connectivity index (χ2v) is 9.50. The maximum Gasteiger partial charge on any atom is 0.416 e. The molecule has 8 nitrogen and oxygen atoms in total. The zero-order valence-electron chi connectivity index (χ0n) is 21.2. The van der Waals surface area contributed by atoms with E-state index in [4.69, 9.17) is 4.74 Å². The monoisotopic (exact) mass is 539 g/mol. The molecule has 1 N–H and O–H groups in total. The molecule has 1 saturated heterocycles. The van der Waals surface area contributed by atoms with E-state index in [0.29, 0.717) is 44.0 Å². The smallest absolute Gasteiger partial charge is 0.416 e. The molecule has 204 valence electrons.